The van der Waals surface area contributed by atoms with E-state index in [0.717, 1.165) is 18.3 Å². The van der Waals surface area contributed by atoms with Crippen molar-refractivity contribution in [3.8, 4) is 6.07 Å². The molecule has 0 aliphatic heterocycles. The molecule has 0 aliphatic rings. The van der Waals surface area contributed by atoms with Crippen molar-refractivity contribution in [1.82, 2.24) is 9.29 Å². The van der Waals surface area contributed by atoms with Gasteiger partial charge in [0.2, 0.25) is 10.0 Å². The van der Waals surface area contributed by atoms with Gasteiger partial charge in [-0.25, -0.2) is 13.4 Å². The summed E-state index contributed by atoms with van der Waals surface area (Å²) in [5.74, 6) is 0. The van der Waals surface area contributed by atoms with Crippen LogP contribution in [0.2, 0.25) is 0 Å². The minimum Gasteiger partial charge on any atom is -0.244 e. The summed E-state index contributed by atoms with van der Waals surface area (Å²) in [6, 6.07) is 3.88. The second kappa shape index (κ2) is 5.54. The van der Waals surface area contributed by atoms with E-state index >= 15 is 0 Å². The molecule has 0 aromatic carbocycles. The van der Waals surface area contributed by atoms with Crippen LogP contribution in [-0.4, -0.2) is 37.0 Å². The van der Waals surface area contributed by atoms with Crippen LogP contribution < -0.4 is 0 Å². The number of nitrogens with zero attached hydrogens (tertiary/aromatic N) is 3. The van der Waals surface area contributed by atoms with Crippen molar-refractivity contribution >= 4 is 10.0 Å². The molecule has 19 heavy (non-hydrogen) atoms. The lowest BCUT2D eigenvalue weighted by Gasteiger charge is -2.21. The highest BCUT2D eigenvalue weighted by Gasteiger charge is 2.36. The SMILES string of the molecule is CCN(CC(F)(F)F)S(=O)(=O)c1ccc(C#N)nc1. The zero-order valence-corrected chi connectivity index (χ0v) is 10.7. The van der Waals surface area contributed by atoms with Gasteiger partial charge in [-0.3, -0.25) is 0 Å². The minimum atomic E-state index is -4.62. The molecule has 1 aromatic heterocycles. The van der Waals surface area contributed by atoms with Gasteiger partial charge in [0, 0.05) is 12.7 Å². The highest BCUT2D eigenvalue weighted by atomic mass is 32.2. The van der Waals surface area contributed by atoms with Crippen molar-refractivity contribution in [3.05, 3.63) is 24.0 Å². The minimum absolute atomic E-state index is 0.0159. The van der Waals surface area contributed by atoms with E-state index in [-0.39, 0.29) is 17.1 Å². The number of aromatic nitrogens is 1. The molecule has 1 rings (SSSR count). The van der Waals surface area contributed by atoms with E-state index < -0.39 is 22.7 Å². The van der Waals surface area contributed by atoms with Crippen LogP contribution in [0.1, 0.15) is 12.6 Å². The molecule has 0 unspecified atom stereocenters. The maximum atomic E-state index is 12.3. The second-order valence-corrected chi connectivity index (χ2v) is 5.48. The summed E-state index contributed by atoms with van der Waals surface area (Å²) in [7, 11) is -4.27. The van der Waals surface area contributed by atoms with E-state index in [2.05, 4.69) is 4.98 Å². The Kier molecular flexibility index (Phi) is 4.49. The van der Waals surface area contributed by atoms with Crippen molar-refractivity contribution in [3.63, 3.8) is 0 Å². The lowest BCUT2D eigenvalue weighted by atomic mass is 10.4. The maximum Gasteiger partial charge on any atom is 0.402 e. The Morgan fingerprint density at radius 3 is 2.42 bits per heavy atom. The van der Waals surface area contributed by atoms with Crippen LogP contribution in [0.25, 0.3) is 0 Å². The molecule has 0 amide bonds. The third-order valence-electron chi connectivity index (χ3n) is 2.20. The van der Waals surface area contributed by atoms with Gasteiger partial charge in [0.25, 0.3) is 0 Å². The van der Waals surface area contributed by atoms with E-state index in [9.17, 15) is 21.6 Å². The lowest BCUT2D eigenvalue weighted by molar-refractivity contribution is -0.135. The van der Waals surface area contributed by atoms with Crippen molar-refractivity contribution in [2.45, 2.75) is 18.0 Å². The van der Waals surface area contributed by atoms with E-state index in [1.807, 2.05) is 0 Å². The fourth-order valence-corrected chi connectivity index (χ4v) is 2.70. The number of rotatable bonds is 4. The largest absolute Gasteiger partial charge is 0.402 e. The average molecular weight is 293 g/mol. The monoisotopic (exact) mass is 293 g/mol. The van der Waals surface area contributed by atoms with E-state index in [4.69, 9.17) is 5.26 Å². The third kappa shape index (κ3) is 3.90. The summed E-state index contributed by atoms with van der Waals surface area (Å²) in [6.07, 6.45) is -3.75. The summed E-state index contributed by atoms with van der Waals surface area (Å²) in [4.78, 5) is 3.15. The number of alkyl halides is 3. The summed E-state index contributed by atoms with van der Waals surface area (Å²) in [6.45, 7) is -0.575. The summed E-state index contributed by atoms with van der Waals surface area (Å²) in [5.41, 5.74) is -0.0159. The first kappa shape index (κ1) is 15.4. The number of hydrogen-bond acceptors (Lipinski definition) is 4. The molecule has 5 nitrogen and oxygen atoms in total. The normalized spacial score (nSPS) is 12.4. The molecule has 104 valence electrons. The van der Waals surface area contributed by atoms with Crippen molar-refractivity contribution in [2.75, 3.05) is 13.1 Å². The first-order valence-corrected chi connectivity index (χ1v) is 6.57. The number of sulfonamides is 1. The molecule has 0 saturated heterocycles. The predicted molar refractivity (Wildman–Crippen MR) is 59.4 cm³/mol. The fourth-order valence-electron chi connectivity index (χ4n) is 1.31. The van der Waals surface area contributed by atoms with Crippen LogP contribution in [-0.2, 0) is 10.0 Å². The van der Waals surface area contributed by atoms with Crippen LogP contribution in [0.4, 0.5) is 13.2 Å². The third-order valence-corrected chi connectivity index (χ3v) is 4.10. The second-order valence-electron chi connectivity index (χ2n) is 3.54. The summed E-state index contributed by atoms with van der Waals surface area (Å²) >= 11 is 0. The molecule has 0 spiro atoms. The zero-order valence-electron chi connectivity index (χ0n) is 9.85. The van der Waals surface area contributed by atoms with E-state index in [1.54, 1.807) is 6.07 Å². The van der Waals surface area contributed by atoms with Crippen LogP contribution in [0.5, 0.6) is 0 Å². The Balaban J connectivity index is 3.10. The van der Waals surface area contributed by atoms with Gasteiger partial charge in [0.1, 0.15) is 23.2 Å². The van der Waals surface area contributed by atoms with Crippen LogP contribution in [0.3, 0.4) is 0 Å². The number of hydrogen-bond donors (Lipinski definition) is 0. The van der Waals surface area contributed by atoms with Gasteiger partial charge in [-0.05, 0) is 12.1 Å². The zero-order chi connectivity index (χ0) is 14.7. The molecule has 0 N–H and O–H groups in total. The quantitative estimate of drug-likeness (QED) is 0.843. The van der Waals surface area contributed by atoms with Gasteiger partial charge in [-0.1, -0.05) is 6.92 Å². The van der Waals surface area contributed by atoms with Gasteiger partial charge in [0.15, 0.2) is 0 Å². The highest BCUT2D eigenvalue weighted by molar-refractivity contribution is 7.89. The molecule has 1 aromatic rings. The smallest absolute Gasteiger partial charge is 0.244 e. The number of pyridine rings is 1. The van der Waals surface area contributed by atoms with Gasteiger partial charge in [-0.2, -0.15) is 22.7 Å². The summed E-state index contributed by atoms with van der Waals surface area (Å²) < 4.78 is 61.1. The highest BCUT2D eigenvalue weighted by Crippen LogP contribution is 2.22. The Labute approximate surface area is 108 Å². The maximum absolute atomic E-state index is 12.3. The molecular formula is C10H10F3N3O2S. The standard InChI is InChI=1S/C10H10F3N3O2S/c1-2-16(7-10(11,12)13)19(17,18)9-4-3-8(5-14)15-6-9/h3-4,6H,2,7H2,1H3. The van der Waals surface area contributed by atoms with Gasteiger partial charge in [0.05, 0.1) is 0 Å². The molecule has 0 saturated carbocycles. The van der Waals surface area contributed by atoms with Crippen LogP contribution >= 0.6 is 0 Å². The van der Waals surface area contributed by atoms with Gasteiger partial charge >= 0.3 is 6.18 Å². The van der Waals surface area contributed by atoms with Crippen molar-refractivity contribution in [2.24, 2.45) is 0 Å². The van der Waals surface area contributed by atoms with Crippen LogP contribution in [0.15, 0.2) is 23.2 Å². The predicted octanol–water partition coefficient (Wildman–Crippen LogP) is 1.53. The Morgan fingerprint density at radius 1 is 1.42 bits per heavy atom. The molecule has 0 aliphatic carbocycles. The molecule has 0 fully saturated rings. The fraction of sp³-hybridized carbons (Fsp3) is 0.400. The van der Waals surface area contributed by atoms with Gasteiger partial charge in [-0.15, -0.1) is 0 Å². The Morgan fingerprint density at radius 2 is 2.05 bits per heavy atom. The molecular weight excluding hydrogens is 283 g/mol. The Hall–Kier alpha value is -1.66. The molecule has 0 radical (unpaired) electrons. The molecule has 0 atom stereocenters. The lowest BCUT2D eigenvalue weighted by Crippen LogP contribution is -2.38. The first-order chi connectivity index (χ1) is 8.70. The number of halogens is 3. The van der Waals surface area contributed by atoms with E-state index in [0.29, 0.717) is 4.31 Å². The average Bonchev–Trinajstić information content (AvgIpc) is 2.34. The Bertz CT molecular complexity index is 576. The molecule has 0 bridgehead atoms. The molecule has 9 heteroatoms. The first-order valence-electron chi connectivity index (χ1n) is 5.13. The topological polar surface area (TPSA) is 74.1 Å². The molecule has 1 heterocycles. The number of nitriles is 1. The van der Waals surface area contributed by atoms with Crippen molar-refractivity contribution in [1.29, 1.82) is 5.26 Å². The summed E-state index contributed by atoms with van der Waals surface area (Å²) in [5, 5.41) is 8.52. The van der Waals surface area contributed by atoms with Crippen molar-refractivity contribution < 1.29 is 21.6 Å². The van der Waals surface area contributed by atoms with E-state index in [1.165, 1.54) is 6.92 Å². The van der Waals surface area contributed by atoms with Crippen LogP contribution in [0, 0.1) is 11.3 Å². The van der Waals surface area contributed by atoms with Gasteiger partial charge < -0.3 is 0 Å².